The first-order chi connectivity index (χ1) is 13.4. The highest BCUT2D eigenvalue weighted by molar-refractivity contribution is 5.33. The van der Waals surface area contributed by atoms with E-state index in [0.29, 0.717) is 0 Å². The van der Waals surface area contributed by atoms with Crippen molar-refractivity contribution in [3.05, 3.63) is 29.8 Å². The van der Waals surface area contributed by atoms with E-state index in [2.05, 4.69) is 0 Å². The summed E-state index contributed by atoms with van der Waals surface area (Å²) in [5.74, 6) is -2.69. The summed E-state index contributed by atoms with van der Waals surface area (Å²) in [5.41, 5.74) is -3.09. The molecule has 19 heavy (non-hydrogen) atoms. The molecule has 3 heteroatoms. The van der Waals surface area contributed by atoms with E-state index < -0.39 is 49.6 Å². The molecule has 0 spiro atoms. The van der Waals surface area contributed by atoms with Gasteiger partial charge in [0.25, 0.3) is 0 Å². The van der Waals surface area contributed by atoms with Crippen molar-refractivity contribution in [1.82, 2.24) is 4.90 Å². The SMILES string of the molecule is [2H]C([2H])([2H])N(C([2H])([2H])[2H])C([2H])([2H])[C@]1([2H])CCCC([2H])([2H])[C@@]1(O)c1cccc(OC)c1. The Morgan fingerprint density at radius 2 is 2.47 bits per heavy atom. The topological polar surface area (TPSA) is 32.7 Å². The number of benzene rings is 1. The molecule has 1 aromatic rings. The lowest BCUT2D eigenvalue weighted by molar-refractivity contribution is -0.0619. The Morgan fingerprint density at radius 1 is 1.63 bits per heavy atom. The Labute approximate surface area is 131 Å². The van der Waals surface area contributed by atoms with Crippen LogP contribution >= 0.6 is 0 Å². The number of nitrogens with zero attached hydrogens (tertiary/aromatic N) is 1. The summed E-state index contributed by atoms with van der Waals surface area (Å²) in [6, 6.07) is 5.43. The summed E-state index contributed by atoms with van der Waals surface area (Å²) in [7, 11) is 1.33. The molecule has 2 atom stereocenters. The Balaban J connectivity index is 2.84. The molecule has 0 aromatic heterocycles. The lowest BCUT2D eigenvalue weighted by atomic mass is 9.71. The fraction of sp³-hybridized carbons (Fsp3) is 0.625. The molecular formula is C16H25NO2. The van der Waals surface area contributed by atoms with Gasteiger partial charge in [0, 0.05) is 27.5 Å². The Bertz CT molecular complexity index is 765. The number of hydrogen-bond donors (Lipinski definition) is 1. The normalized spacial score (nSPS) is 44.7. The zero-order valence-corrected chi connectivity index (χ0v) is 10.7. The van der Waals surface area contributed by atoms with Crippen molar-refractivity contribution in [2.45, 2.75) is 31.2 Å². The molecule has 0 saturated heterocycles. The molecule has 106 valence electrons. The minimum absolute atomic E-state index is 0.0574. The number of hydrogen-bond acceptors (Lipinski definition) is 3. The minimum atomic E-state index is -3.48. The molecule has 1 fully saturated rings. The third-order valence-corrected chi connectivity index (χ3v) is 3.16. The van der Waals surface area contributed by atoms with Gasteiger partial charge in [-0.15, -0.1) is 0 Å². The largest absolute Gasteiger partial charge is 0.497 e. The predicted octanol–water partition coefficient (Wildman–Crippen LogP) is 2.63. The van der Waals surface area contributed by atoms with Crippen LogP contribution in [0.1, 0.15) is 46.3 Å². The zero-order valence-electron chi connectivity index (χ0n) is 21.7. The van der Waals surface area contributed by atoms with Gasteiger partial charge in [-0.25, -0.2) is 0 Å². The van der Waals surface area contributed by atoms with Crippen molar-refractivity contribution in [3.63, 3.8) is 0 Å². The summed E-state index contributed by atoms with van der Waals surface area (Å²) < 4.78 is 93.4. The summed E-state index contributed by atoms with van der Waals surface area (Å²) >= 11 is 0. The van der Waals surface area contributed by atoms with Crippen molar-refractivity contribution in [2.75, 3.05) is 27.6 Å². The second-order valence-corrected chi connectivity index (χ2v) is 4.40. The van der Waals surface area contributed by atoms with E-state index in [4.69, 9.17) is 19.8 Å². The molecule has 1 aliphatic rings. The summed E-state index contributed by atoms with van der Waals surface area (Å²) in [4.78, 5) is -0.396. The molecule has 2 rings (SSSR count). The first-order valence-corrected chi connectivity index (χ1v) is 6.04. The van der Waals surface area contributed by atoms with Gasteiger partial charge in [0.05, 0.1) is 12.7 Å². The fourth-order valence-electron chi connectivity index (χ4n) is 2.22. The van der Waals surface area contributed by atoms with Gasteiger partial charge < -0.3 is 14.7 Å². The maximum absolute atomic E-state index is 11.7. The molecule has 1 aromatic carbocycles. The molecule has 0 bridgehead atoms. The maximum atomic E-state index is 11.7. The minimum Gasteiger partial charge on any atom is -0.497 e. The quantitative estimate of drug-likeness (QED) is 0.916. The predicted molar refractivity (Wildman–Crippen MR) is 77.4 cm³/mol. The number of methoxy groups -OCH3 is 1. The van der Waals surface area contributed by atoms with Crippen LogP contribution in [0.15, 0.2) is 24.3 Å². The Kier molecular flexibility index (Phi) is 1.79. The van der Waals surface area contributed by atoms with Crippen molar-refractivity contribution < 1.29 is 24.9 Å². The van der Waals surface area contributed by atoms with E-state index in [9.17, 15) is 5.11 Å². The maximum Gasteiger partial charge on any atom is 0.119 e. The molecule has 1 N–H and O–H groups in total. The van der Waals surface area contributed by atoms with Gasteiger partial charge in [0.1, 0.15) is 5.75 Å². The van der Waals surface area contributed by atoms with Crippen LogP contribution in [0.25, 0.3) is 0 Å². The summed E-state index contributed by atoms with van der Waals surface area (Å²) in [6.45, 7) is -10.4. The van der Waals surface area contributed by atoms with E-state index in [1.807, 2.05) is 0 Å². The standard InChI is InChI=1S/C16H25NO2/c1-17(2)12-14-7-4-5-10-16(14,18)13-8-6-9-15(11-13)19-3/h6,8-9,11,14,18H,4-5,7,10,12H2,1-3H3/t14-,16+/m0/s1/i1D3,2D3,10D2,12D2,14D. The van der Waals surface area contributed by atoms with E-state index in [1.54, 1.807) is 0 Å². The van der Waals surface area contributed by atoms with Gasteiger partial charge in [0.15, 0.2) is 0 Å². The van der Waals surface area contributed by atoms with Crippen LogP contribution in [0.3, 0.4) is 0 Å². The number of rotatable bonds is 4. The van der Waals surface area contributed by atoms with Crippen LogP contribution in [-0.4, -0.2) is 37.6 Å². The molecule has 0 unspecified atom stereocenters. The molecule has 1 saturated carbocycles. The first-order valence-electron chi connectivity index (χ1n) is 11.5. The average molecular weight is 274 g/mol. The molecule has 1 aliphatic carbocycles. The lowest BCUT2D eigenvalue weighted by Gasteiger charge is -2.41. The summed E-state index contributed by atoms with van der Waals surface area (Å²) in [5, 5.41) is 11.7. The van der Waals surface area contributed by atoms with Crippen molar-refractivity contribution in [3.8, 4) is 5.75 Å². The lowest BCUT2D eigenvalue weighted by Crippen LogP contribution is -2.43. The van der Waals surface area contributed by atoms with Gasteiger partial charge in [0.2, 0.25) is 0 Å². The van der Waals surface area contributed by atoms with Crippen LogP contribution in [0.2, 0.25) is 0 Å². The fourth-order valence-corrected chi connectivity index (χ4v) is 2.22. The van der Waals surface area contributed by atoms with Crippen molar-refractivity contribution in [2.24, 2.45) is 5.89 Å². The number of aliphatic hydroxyl groups is 1. The van der Waals surface area contributed by atoms with Gasteiger partial charge in [-0.2, -0.15) is 0 Å². The smallest absolute Gasteiger partial charge is 0.119 e. The highest BCUT2D eigenvalue weighted by atomic mass is 16.5. The van der Waals surface area contributed by atoms with E-state index >= 15 is 0 Å². The first kappa shape index (κ1) is 5.74. The number of ether oxygens (including phenoxy) is 1. The Hall–Kier alpha value is -1.06. The second kappa shape index (κ2) is 5.93. The highest BCUT2D eigenvalue weighted by Gasteiger charge is 2.40. The highest BCUT2D eigenvalue weighted by Crippen LogP contribution is 2.42. The van der Waals surface area contributed by atoms with Gasteiger partial charge in [-0.3, -0.25) is 0 Å². The average Bonchev–Trinajstić information content (AvgIpc) is 2.56. The van der Waals surface area contributed by atoms with Gasteiger partial charge in [-0.1, -0.05) is 25.0 Å². The van der Waals surface area contributed by atoms with Crippen LogP contribution in [0, 0.1) is 5.89 Å². The molecule has 0 heterocycles. The van der Waals surface area contributed by atoms with Gasteiger partial charge in [-0.05, 0) is 44.4 Å². The second-order valence-electron chi connectivity index (χ2n) is 4.40. The van der Waals surface area contributed by atoms with Crippen LogP contribution in [-0.2, 0) is 5.60 Å². The molecule has 0 radical (unpaired) electrons. The molecule has 0 aliphatic heterocycles. The molecule has 3 nitrogen and oxygen atoms in total. The van der Waals surface area contributed by atoms with Gasteiger partial charge >= 0.3 is 0 Å². The molecular weight excluding hydrogens is 238 g/mol. The zero-order chi connectivity index (χ0) is 23.4. The Morgan fingerprint density at radius 3 is 3.21 bits per heavy atom. The third kappa shape index (κ3) is 3.10. The van der Waals surface area contributed by atoms with E-state index in [-0.39, 0.29) is 24.2 Å². The van der Waals surface area contributed by atoms with Crippen molar-refractivity contribution >= 4 is 0 Å². The van der Waals surface area contributed by atoms with Crippen LogP contribution in [0.4, 0.5) is 0 Å². The molecule has 0 amide bonds. The summed E-state index contributed by atoms with van der Waals surface area (Å²) in [6.07, 6.45) is -3.34. The monoisotopic (exact) mass is 274 g/mol. The van der Waals surface area contributed by atoms with E-state index in [0.717, 1.165) is 0 Å². The third-order valence-electron chi connectivity index (χ3n) is 3.16. The van der Waals surface area contributed by atoms with Crippen LogP contribution in [0.5, 0.6) is 5.75 Å². The van der Waals surface area contributed by atoms with E-state index in [1.165, 1.54) is 31.4 Å². The van der Waals surface area contributed by atoms with Crippen LogP contribution < -0.4 is 4.74 Å². The van der Waals surface area contributed by atoms with Crippen molar-refractivity contribution in [1.29, 1.82) is 0 Å².